The van der Waals surface area contributed by atoms with Gasteiger partial charge in [0.2, 0.25) is 5.91 Å². The number of fused-ring (bicyclic) bond motifs is 1. The standard InChI is InChI=1S/C18H16BrFN2O/c1-18(2,17(23)22-16-6-4-3-5-14(16)19)13-10-21-15-8-7-11(20)9-12(13)15/h3-10,21H,1-2H3,(H,22,23). The van der Waals surface area contributed by atoms with E-state index in [2.05, 4.69) is 26.2 Å². The molecule has 0 spiro atoms. The Labute approximate surface area is 142 Å². The Morgan fingerprint density at radius 1 is 1.22 bits per heavy atom. The van der Waals surface area contributed by atoms with Crippen LogP contribution in [0.5, 0.6) is 0 Å². The average molecular weight is 375 g/mol. The first kappa shape index (κ1) is 15.7. The highest BCUT2D eigenvalue weighted by atomic mass is 79.9. The molecule has 0 radical (unpaired) electrons. The second-order valence-electron chi connectivity index (χ2n) is 5.95. The molecule has 0 unspecified atom stereocenters. The van der Waals surface area contributed by atoms with Gasteiger partial charge in [-0.2, -0.15) is 0 Å². The van der Waals surface area contributed by atoms with Gasteiger partial charge in [0.1, 0.15) is 5.82 Å². The number of para-hydroxylation sites is 1. The Hall–Kier alpha value is -2.14. The number of benzene rings is 2. The van der Waals surface area contributed by atoms with E-state index in [1.54, 1.807) is 12.3 Å². The van der Waals surface area contributed by atoms with Crippen molar-refractivity contribution in [3.63, 3.8) is 0 Å². The number of carbonyl (C=O) groups is 1. The van der Waals surface area contributed by atoms with Crippen LogP contribution in [0.25, 0.3) is 10.9 Å². The summed E-state index contributed by atoms with van der Waals surface area (Å²) in [6.07, 6.45) is 1.77. The number of hydrogen-bond acceptors (Lipinski definition) is 1. The van der Waals surface area contributed by atoms with Gasteiger partial charge in [-0.05, 0) is 65.7 Å². The molecule has 0 saturated carbocycles. The molecular formula is C18H16BrFN2O. The van der Waals surface area contributed by atoms with E-state index in [1.807, 2.05) is 38.1 Å². The van der Waals surface area contributed by atoms with Crippen LogP contribution in [0.2, 0.25) is 0 Å². The second-order valence-corrected chi connectivity index (χ2v) is 6.81. The lowest BCUT2D eigenvalue weighted by molar-refractivity contribution is -0.120. The molecule has 5 heteroatoms. The molecular weight excluding hydrogens is 359 g/mol. The van der Waals surface area contributed by atoms with Crippen molar-refractivity contribution < 1.29 is 9.18 Å². The van der Waals surface area contributed by atoms with E-state index in [0.29, 0.717) is 5.69 Å². The summed E-state index contributed by atoms with van der Waals surface area (Å²) < 4.78 is 14.4. The SMILES string of the molecule is CC(C)(C(=O)Nc1ccccc1Br)c1c[nH]c2ccc(F)cc12. The van der Waals surface area contributed by atoms with Gasteiger partial charge in [0.15, 0.2) is 0 Å². The first-order valence-corrected chi connectivity index (χ1v) is 8.02. The fourth-order valence-electron chi connectivity index (χ4n) is 2.57. The first-order valence-electron chi connectivity index (χ1n) is 7.22. The maximum absolute atomic E-state index is 13.6. The van der Waals surface area contributed by atoms with Crippen LogP contribution >= 0.6 is 15.9 Å². The van der Waals surface area contributed by atoms with Gasteiger partial charge in [0, 0.05) is 21.6 Å². The monoisotopic (exact) mass is 374 g/mol. The van der Waals surface area contributed by atoms with Crippen LogP contribution in [-0.4, -0.2) is 10.9 Å². The quantitative estimate of drug-likeness (QED) is 0.666. The summed E-state index contributed by atoms with van der Waals surface area (Å²) in [6, 6.07) is 12.0. The number of anilines is 1. The fourth-order valence-corrected chi connectivity index (χ4v) is 2.96. The minimum Gasteiger partial charge on any atom is -0.361 e. The molecule has 0 aliphatic heterocycles. The van der Waals surface area contributed by atoms with Gasteiger partial charge in [0.25, 0.3) is 0 Å². The Kier molecular flexibility index (Phi) is 3.98. The third-order valence-corrected chi connectivity index (χ3v) is 4.70. The molecule has 3 rings (SSSR count). The van der Waals surface area contributed by atoms with Crippen molar-refractivity contribution in [1.29, 1.82) is 0 Å². The van der Waals surface area contributed by atoms with Crippen LogP contribution in [0.15, 0.2) is 53.1 Å². The molecule has 0 bridgehead atoms. The molecule has 0 atom stereocenters. The molecule has 23 heavy (non-hydrogen) atoms. The van der Waals surface area contributed by atoms with Crippen LogP contribution < -0.4 is 5.32 Å². The predicted molar refractivity (Wildman–Crippen MR) is 94.1 cm³/mol. The summed E-state index contributed by atoms with van der Waals surface area (Å²) in [4.78, 5) is 15.9. The summed E-state index contributed by atoms with van der Waals surface area (Å²) in [5, 5.41) is 3.64. The normalized spacial score (nSPS) is 11.7. The largest absolute Gasteiger partial charge is 0.361 e. The Balaban J connectivity index is 1.98. The van der Waals surface area contributed by atoms with Crippen molar-refractivity contribution in [1.82, 2.24) is 4.98 Å². The predicted octanol–water partition coefficient (Wildman–Crippen LogP) is 4.99. The fraction of sp³-hybridized carbons (Fsp3) is 0.167. The third-order valence-electron chi connectivity index (χ3n) is 4.01. The molecule has 3 nitrogen and oxygen atoms in total. The number of nitrogens with one attached hydrogen (secondary N) is 2. The topological polar surface area (TPSA) is 44.9 Å². The Bertz CT molecular complexity index is 886. The van der Waals surface area contributed by atoms with Crippen LogP contribution in [0.1, 0.15) is 19.4 Å². The van der Waals surface area contributed by atoms with E-state index in [0.717, 1.165) is 20.9 Å². The molecule has 0 saturated heterocycles. The van der Waals surface area contributed by atoms with E-state index in [9.17, 15) is 9.18 Å². The molecule has 0 aliphatic carbocycles. The molecule has 3 aromatic rings. The van der Waals surface area contributed by atoms with Gasteiger partial charge in [-0.3, -0.25) is 4.79 Å². The molecule has 1 aromatic heterocycles. The van der Waals surface area contributed by atoms with Crippen molar-refractivity contribution in [3.05, 3.63) is 64.5 Å². The third kappa shape index (κ3) is 2.88. The number of rotatable bonds is 3. The van der Waals surface area contributed by atoms with E-state index < -0.39 is 5.41 Å². The molecule has 1 heterocycles. The van der Waals surface area contributed by atoms with Crippen LogP contribution in [0.3, 0.4) is 0 Å². The molecule has 2 N–H and O–H groups in total. The number of H-pyrrole nitrogens is 1. The van der Waals surface area contributed by atoms with Crippen LogP contribution in [-0.2, 0) is 10.2 Å². The maximum atomic E-state index is 13.6. The number of amides is 1. The van der Waals surface area contributed by atoms with Crippen molar-refractivity contribution >= 4 is 38.4 Å². The molecule has 0 aliphatic rings. The van der Waals surface area contributed by atoms with Gasteiger partial charge in [-0.15, -0.1) is 0 Å². The van der Waals surface area contributed by atoms with Gasteiger partial charge >= 0.3 is 0 Å². The van der Waals surface area contributed by atoms with Gasteiger partial charge in [-0.1, -0.05) is 12.1 Å². The molecule has 1 amide bonds. The van der Waals surface area contributed by atoms with E-state index in [1.165, 1.54) is 12.1 Å². The summed E-state index contributed by atoms with van der Waals surface area (Å²) in [7, 11) is 0. The summed E-state index contributed by atoms with van der Waals surface area (Å²) >= 11 is 3.42. The number of aromatic nitrogens is 1. The van der Waals surface area contributed by atoms with E-state index in [4.69, 9.17) is 0 Å². The molecule has 118 valence electrons. The highest BCUT2D eigenvalue weighted by molar-refractivity contribution is 9.10. The zero-order valence-electron chi connectivity index (χ0n) is 12.8. The minimum absolute atomic E-state index is 0.158. The van der Waals surface area contributed by atoms with Gasteiger partial charge < -0.3 is 10.3 Å². The summed E-state index contributed by atoms with van der Waals surface area (Å²) in [6.45, 7) is 3.65. The van der Waals surface area contributed by atoms with Crippen LogP contribution in [0.4, 0.5) is 10.1 Å². The lowest BCUT2D eigenvalue weighted by atomic mass is 9.83. The highest BCUT2D eigenvalue weighted by Gasteiger charge is 2.32. The van der Waals surface area contributed by atoms with Crippen molar-refractivity contribution in [3.8, 4) is 0 Å². The Morgan fingerprint density at radius 3 is 2.70 bits per heavy atom. The second kappa shape index (κ2) is 5.81. The van der Waals surface area contributed by atoms with E-state index >= 15 is 0 Å². The molecule has 0 fully saturated rings. The highest BCUT2D eigenvalue weighted by Crippen LogP contribution is 2.33. The number of aromatic amines is 1. The van der Waals surface area contributed by atoms with Gasteiger partial charge in [0.05, 0.1) is 11.1 Å². The lowest BCUT2D eigenvalue weighted by Gasteiger charge is -2.24. The lowest BCUT2D eigenvalue weighted by Crippen LogP contribution is -2.34. The number of halogens is 2. The number of carbonyl (C=O) groups excluding carboxylic acids is 1. The first-order chi connectivity index (χ1) is 10.9. The maximum Gasteiger partial charge on any atom is 0.234 e. The van der Waals surface area contributed by atoms with Crippen molar-refractivity contribution in [2.75, 3.05) is 5.32 Å². The van der Waals surface area contributed by atoms with Crippen molar-refractivity contribution in [2.24, 2.45) is 0 Å². The average Bonchev–Trinajstić information content (AvgIpc) is 2.93. The van der Waals surface area contributed by atoms with Gasteiger partial charge in [-0.25, -0.2) is 4.39 Å². The van der Waals surface area contributed by atoms with Crippen molar-refractivity contribution in [2.45, 2.75) is 19.3 Å². The Morgan fingerprint density at radius 2 is 1.96 bits per heavy atom. The van der Waals surface area contributed by atoms with E-state index in [-0.39, 0.29) is 11.7 Å². The summed E-state index contributed by atoms with van der Waals surface area (Å²) in [5.74, 6) is -0.477. The van der Waals surface area contributed by atoms with Crippen LogP contribution in [0, 0.1) is 5.82 Å². The minimum atomic E-state index is -0.818. The molecule has 2 aromatic carbocycles. The number of hydrogen-bond donors (Lipinski definition) is 2. The smallest absolute Gasteiger partial charge is 0.234 e. The zero-order chi connectivity index (χ0) is 16.6. The summed E-state index contributed by atoms with van der Waals surface area (Å²) in [5.41, 5.74) is 1.46. The zero-order valence-corrected chi connectivity index (χ0v) is 14.4.